The molecule has 0 bridgehead atoms. The number of tetrazole rings is 1. The number of hydrogen-bond acceptors (Lipinski definition) is 5. The Kier molecular flexibility index (Phi) is 3.83. The molecule has 0 saturated carbocycles. The van der Waals surface area contributed by atoms with Crippen LogP contribution in [0.2, 0.25) is 0 Å². The van der Waals surface area contributed by atoms with Crippen LogP contribution in [0.4, 0.5) is 4.39 Å². The summed E-state index contributed by atoms with van der Waals surface area (Å²) in [5.41, 5.74) is 0.823. The van der Waals surface area contributed by atoms with Gasteiger partial charge in [-0.15, -0.1) is 10.2 Å². The highest BCUT2D eigenvalue weighted by Crippen LogP contribution is 2.18. The highest BCUT2D eigenvalue weighted by Gasteiger charge is 2.10. The first-order valence-electron chi connectivity index (χ1n) is 5.50. The molecule has 0 radical (unpaired) electrons. The summed E-state index contributed by atoms with van der Waals surface area (Å²) in [6, 6.07) is 4.78. The minimum Gasteiger partial charge on any atom is -0.494 e. The number of aromatic amines is 1. The fourth-order valence-corrected chi connectivity index (χ4v) is 1.54. The highest BCUT2D eigenvalue weighted by atomic mass is 19.1. The smallest absolute Gasteiger partial charge is 0.191 e. The molecule has 1 atom stereocenters. The molecule has 6 nitrogen and oxygen atoms in total. The van der Waals surface area contributed by atoms with Gasteiger partial charge in [-0.25, -0.2) is 4.39 Å². The molecule has 2 aromatic rings. The van der Waals surface area contributed by atoms with Crippen molar-refractivity contribution < 1.29 is 9.13 Å². The second-order valence-corrected chi connectivity index (χ2v) is 3.84. The average Bonchev–Trinajstić information content (AvgIpc) is 2.90. The molecule has 0 amide bonds. The number of H-pyrrole nitrogens is 1. The lowest BCUT2D eigenvalue weighted by Crippen LogP contribution is -2.19. The zero-order valence-electron chi connectivity index (χ0n) is 10.1. The van der Waals surface area contributed by atoms with Gasteiger partial charge in [0.05, 0.1) is 13.2 Å². The second kappa shape index (κ2) is 5.54. The first-order valence-corrected chi connectivity index (χ1v) is 5.50. The Labute approximate surface area is 104 Å². The number of nitrogens with zero attached hydrogens (tertiary/aromatic N) is 3. The van der Waals surface area contributed by atoms with Crippen molar-refractivity contribution in [2.24, 2.45) is 0 Å². The van der Waals surface area contributed by atoms with Gasteiger partial charge in [0.15, 0.2) is 17.4 Å². The van der Waals surface area contributed by atoms with E-state index in [0.717, 1.165) is 5.56 Å². The molecular formula is C11H14FN5O. The van der Waals surface area contributed by atoms with Gasteiger partial charge in [-0.05, 0) is 24.6 Å². The molecule has 7 heteroatoms. The fraction of sp³-hybridized carbons (Fsp3) is 0.364. The molecule has 1 unspecified atom stereocenters. The Bertz CT molecular complexity index is 502. The Morgan fingerprint density at radius 1 is 1.50 bits per heavy atom. The number of hydrogen-bond donors (Lipinski definition) is 2. The number of aromatic nitrogens is 4. The Morgan fingerprint density at radius 2 is 2.33 bits per heavy atom. The maximum Gasteiger partial charge on any atom is 0.191 e. The molecule has 0 spiro atoms. The van der Waals surface area contributed by atoms with Gasteiger partial charge in [-0.2, -0.15) is 5.21 Å². The molecule has 18 heavy (non-hydrogen) atoms. The molecule has 96 valence electrons. The third-order valence-corrected chi connectivity index (χ3v) is 2.58. The first-order chi connectivity index (χ1) is 8.70. The van der Waals surface area contributed by atoms with Gasteiger partial charge in [-0.3, -0.25) is 0 Å². The van der Waals surface area contributed by atoms with Crippen molar-refractivity contribution in [3.8, 4) is 5.75 Å². The van der Waals surface area contributed by atoms with Crippen LogP contribution in [0, 0.1) is 5.82 Å². The van der Waals surface area contributed by atoms with E-state index in [9.17, 15) is 4.39 Å². The molecule has 0 aliphatic carbocycles. The lowest BCUT2D eigenvalue weighted by Gasteiger charge is -2.10. The number of benzene rings is 1. The summed E-state index contributed by atoms with van der Waals surface area (Å²) in [5, 5.41) is 16.8. The first kappa shape index (κ1) is 12.4. The van der Waals surface area contributed by atoms with E-state index < -0.39 is 0 Å². The van der Waals surface area contributed by atoms with Gasteiger partial charge >= 0.3 is 0 Å². The summed E-state index contributed by atoms with van der Waals surface area (Å²) in [5.74, 6) is 0.443. The van der Waals surface area contributed by atoms with Gasteiger partial charge in [0.2, 0.25) is 0 Å². The van der Waals surface area contributed by atoms with Gasteiger partial charge in [-0.1, -0.05) is 11.3 Å². The van der Waals surface area contributed by atoms with Crippen LogP contribution in [-0.4, -0.2) is 27.7 Å². The molecule has 0 fully saturated rings. The van der Waals surface area contributed by atoms with Gasteiger partial charge in [0.1, 0.15) is 0 Å². The van der Waals surface area contributed by atoms with Crippen LogP contribution in [0.5, 0.6) is 5.75 Å². The van der Waals surface area contributed by atoms with E-state index >= 15 is 0 Å². The van der Waals surface area contributed by atoms with Crippen molar-refractivity contribution >= 4 is 0 Å². The predicted octanol–water partition coefficient (Wildman–Crippen LogP) is 1.20. The predicted molar refractivity (Wildman–Crippen MR) is 62.4 cm³/mol. The maximum absolute atomic E-state index is 13.5. The molecule has 2 rings (SSSR count). The van der Waals surface area contributed by atoms with E-state index in [2.05, 4.69) is 25.9 Å². The van der Waals surface area contributed by atoms with E-state index in [-0.39, 0.29) is 17.6 Å². The average molecular weight is 251 g/mol. The van der Waals surface area contributed by atoms with E-state index in [1.165, 1.54) is 13.2 Å². The Hall–Kier alpha value is -2.02. The SMILES string of the molecule is COc1ccc(CNC(C)c2nn[nH]n2)cc1F. The molecule has 0 aliphatic heterocycles. The molecule has 2 N–H and O–H groups in total. The summed E-state index contributed by atoms with van der Waals surface area (Å²) >= 11 is 0. The fourth-order valence-electron chi connectivity index (χ4n) is 1.54. The number of rotatable bonds is 5. The van der Waals surface area contributed by atoms with Crippen molar-refractivity contribution in [3.05, 3.63) is 35.4 Å². The van der Waals surface area contributed by atoms with Crippen LogP contribution in [0.25, 0.3) is 0 Å². The summed E-state index contributed by atoms with van der Waals surface area (Å²) in [4.78, 5) is 0. The lowest BCUT2D eigenvalue weighted by atomic mass is 10.2. The van der Waals surface area contributed by atoms with E-state index in [4.69, 9.17) is 4.74 Å². The zero-order chi connectivity index (χ0) is 13.0. The minimum absolute atomic E-state index is 0.0612. The molecule has 1 heterocycles. The summed E-state index contributed by atoms with van der Waals surface area (Å²) in [6.07, 6.45) is 0. The van der Waals surface area contributed by atoms with Crippen LogP contribution in [-0.2, 0) is 6.54 Å². The third kappa shape index (κ3) is 2.80. The lowest BCUT2D eigenvalue weighted by molar-refractivity contribution is 0.386. The molecule has 0 aliphatic rings. The highest BCUT2D eigenvalue weighted by molar-refractivity contribution is 5.29. The zero-order valence-corrected chi connectivity index (χ0v) is 10.1. The van der Waals surface area contributed by atoms with Gasteiger partial charge < -0.3 is 10.1 Å². The van der Waals surface area contributed by atoms with Crippen LogP contribution in [0.1, 0.15) is 24.4 Å². The quantitative estimate of drug-likeness (QED) is 0.835. The maximum atomic E-state index is 13.5. The summed E-state index contributed by atoms with van der Waals surface area (Å²) in [7, 11) is 1.44. The van der Waals surface area contributed by atoms with E-state index in [0.29, 0.717) is 12.4 Å². The van der Waals surface area contributed by atoms with Crippen LogP contribution < -0.4 is 10.1 Å². The van der Waals surface area contributed by atoms with E-state index in [1.807, 2.05) is 6.92 Å². The van der Waals surface area contributed by atoms with E-state index in [1.54, 1.807) is 12.1 Å². The number of nitrogens with one attached hydrogen (secondary N) is 2. The summed E-state index contributed by atoms with van der Waals surface area (Å²) in [6.45, 7) is 2.42. The van der Waals surface area contributed by atoms with Crippen molar-refractivity contribution in [1.29, 1.82) is 0 Å². The minimum atomic E-state index is -0.371. The molecule has 1 aromatic heterocycles. The van der Waals surface area contributed by atoms with Gasteiger partial charge in [0.25, 0.3) is 0 Å². The molecular weight excluding hydrogens is 237 g/mol. The number of ether oxygens (including phenoxy) is 1. The van der Waals surface area contributed by atoms with Crippen LogP contribution >= 0.6 is 0 Å². The monoisotopic (exact) mass is 251 g/mol. The van der Waals surface area contributed by atoms with Crippen molar-refractivity contribution in [1.82, 2.24) is 25.9 Å². The topological polar surface area (TPSA) is 75.7 Å². The number of halogens is 1. The van der Waals surface area contributed by atoms with Crippen molar-refractivity contribution in [2.75, 3.05) is 7.11 Å². The van der Waals surface area contributed by atoms with Crippen molar-refractivity contribution in [2.45, 2.75) is 19.5 Å². The Morgan fingerprint density at radius 3 is 2.94 bits per heavy atom. The number of methoxy groups -OCH3 is 1. The largest absolute Gasteiger partial charge is 0.494 e. The normalized spacial score (nSPS) is 12.4. The Balaban J connectivity index is 1.96. The van der Waals surface area contributed by atoms with Crippen LogP contribution in [0.3, 0.4) is 0 Å². The van der Waals surface area contributed by atoms with Gasteiger partial charge in [0, 0.05) is 6.54 Å². The molecule has 0 saturated heterocycles. The standard InChI is InChI=1S/C11H14FN5O/c1-7(11-14-16-17-15-11)13-6-8-3-4-10(18-2)9(12)5-8/h3-5,7,13H,6H2,1-2H3,(H,14,15,16,17). The summed E-state index contributed by atoms with van der Waals surface area (Å²) < 4.78 is 18.3. The second-order valence-electron chi connectivity index (χ2n) is 3.84. The molecule has 1 aromatic carbocycles. The third-order valence-electron chi connectivity index (χ3n) is 2.58. The van der Waals surface area contributed by atoms with Crippen molar-refractivity contribution in [3.63, 3.8) is 0 Å². The van der Waals surface area contributed by atoms with Crippen LogP contribution in [0.15, 0.2) is 18.2 Å².